The van der Waals surface area contributed by atoms with Gasteiger partial charge in [-0.2, -0.15) is 0 Å². The molecule has 0 aliphatic heterocycles. The molecule has 2 heteroatoms. The van der Waals surface area contributed by atoms with Gasteiger partial charge in [0.25, 0.3) is 0 Å². The molecular weight excluding hydrogens is 244 g/mol. The lowest BCUT2D eigenvalue weighted by Crippen LogP contribution is -2.38. The molecule has 0 bridgehead atoms. The predicted molar refractivity (Wildman–Crippen MR) is 87.2 cm³/mol. The SMILES string of the molecule is CCC1=CC(=C2C=CC(C)(N)C(CC)=C2)C=CC1(C)N. The maximum Gasteiger partial charge on any atom is 0.0532 e. The van der Waals surface area contributed by atoms with E-state index in [1.165, 1.54) is 22.3 Å². The van der Waals surface area contributed by atoms with E-state index in [9.17, 15) is 0 Å². The molecule has 0 aromatic heterocycles. The summed E-state index contributed by atoms with van der Waals surface area (Å²) in [7, 11) is 0. The van der Waals surface area contributed by atoms with Crippen molar-refractivity contribution < 1.29 is 0 Å². The Morgan fingerprint density at radius 2 is 1.15 bits per heavy atom. The Morgan fingerprint density at radius 1 is 0.800 bits per heavy atom. The van der Waals surface area contributed by atoms with E-state index in [0.717, 1.165) is 12.8 Å². The van der Waals surface area contributed by atoms with Crippen LogP contribution in [0.25, 0.3) is 0 Å². The average Bonchev–Trinajstić information content (AvgIpc) is 2.38. The van der Waals surface area contributed by atoms with Crippen LogP contribution in [-0.2, 0) is 0 Å². The standard InChI is InChI=1S/C18H26N2/c1-5-15-11-13(7-9-17(15,3)19)14-8-10-18(4,20)16(6-2)12-14/h7-12H,5-6,19-20H2,1-4H3. The Hall–Kier alpha value is -1.38. The van der Waals surface area contributed by atoms with Crippen LogP contribution < -0.4 is 11.5 Å². The van der Waals surface area contributed by atoms with Crippen LogP contribution in [-0.4, -0.2) is 11.1 Å². The summed E-state index contributed by atoms with van der Waals surface area (Å²) in [4.78, 5) is 0. The van der Waals surface area contributed by atoms with Crippen LogP contribution in [0, 0.1) is 0 Å². The van der Waals surface area contributed by atoms with Gasteiger partial charge in [0.1, 0.15) is 0 Å². The number of nitrogens with two attached hydrogens (primary N) is 2. The monoisotopic (exact) mass is 270 g/mol. The average molecular weight is 270 g/mol. The van der Waals surface area contributed by atoms with Gasteiger partial charge in [-0.1, -0.05) is 50.3 Å². The van der Waals surface area contributed by atoms with Gasteiger partial charge in [-0.15, -0.1) is 0 Å². The van der Waals surface area contributed by atoms with Gasteiger partial charge in [0.2, 0.25) is 0 Å². The summed E-state index contributed by atoms with van der Waals surface area (Å²) in [5.74, 6) is 0. The minimum atomic E-state index is -0.323. The largest absolute Gasteiger partial charge is 0.319 e. The van der Waals surface area contributed by atoms with Crippen molar-refractivity contribution in [3.05, 3.63) is 58.7 Å². The van der Waals surface area contributed by atoms with Crippen LogP contribution in [0.4, 0.5) is 0 Å². The van der Waals surface area contributed by atoms with Crippen molar-refractivity contribution in [1.82, 2.24) is 0 Å². The summed E-state index contributed by atoms with van der Waals surface area (Å²) < 4.78 is 0. The number of hydrogen-bond acceptors (Lipinski definition) is 2. The van der Waals surface area contributed by atoms with E-state index in [4.69, 9.17) is 11.5 Å². The summed E-state index contributed by atoms with van der Waals surface area (Å²) in [5.41, 5.74) is 16.9. The first-order valence-electron chi connectivity index (χ1n) is 7.42. The van der Waals surface area contributed by atoms with Crippen molar-refractivity contribution in [2.24, 2.45) is 11.5 Å². The van der Waals surface area contributed by atoms with Crippen molar-refractivity contribution in [2.75, 3.05) is 0 Å². The van der Waals surface area contributed by atoms with Crippen LogP contribution in [0.5, 0.6) is 0 Å². The summed E-state index contributed by atoms with van der Waals surface area (Å²) >= 11 is 0. The molecule has 4 N–H and O–H groups in total. The number of allylic oxidation sites excluding steroid dienone is 6. The molecule has 0 saturated heterocycles. The molecule has 108 valence electrons. The second-order valence-electron chi connectivity index (χ2n) is 6.19. The highest BCUT2D eigenvalue weighted by Crippen LogP contribution is 2.32. The molecule has 0 radical (unpaired) electrons. The second kappa shape index (κ2) is 5.19. The van der Waals surface area contributed by atoms with Crippen LogP contribution in [0.15, 0.2) is 58.7 Å². The highest BCUT2D eigenvalue weighted by Gasteiger charge is 2.25. The van der Waals surface area contributed by atoms with E-state index in [1.54, 1.807) is 0 Å². The maximum absolute atomic E-state index is 6.29. The van der Waals surface area contributed by atoms with E-state index >= 15 is 0 Å². The van der Waals surface area contributed by atoms with Crippen molar-refractivity contribution >= 4 is 0 Å². The van der Waals surface area contributed by atoms with Gasteiger partial charge in [0.15, 0.2) is 0 Å². The van der Waals surface area contributed by atoms with E-state index in [0.29, 0.717) is 0 Å². The Labute approximate surface area is 122 Å². The molecular formula is C18H26N2. The predicted octanol–water partition coefficient (Wildman–Crippen LogP) is 3.53. The highest BCUT2D eigenvalue weighted by molar-refractivity contribution is 5.56. The van der Waals surface area contributed by atoms with E-state index in [-0.39, 0.29) is 11.1 Å². The van der Waals surface area contributed by atoms with Crippen LogP contribution in [0.3, 0.4) is 0 Å². The molecule has 0 saturated carbocycles. The lowest BCUT2D eigenvalue weighted by molar-refractivity contribution is 0.649. The zero-order chi connectivity index (χ0) is 15.0. The Bertz CT molecular complexity index is 502. The molecule has 2 aliphatic carbocycles. The fourth-order valence-corrected chi connectivity index (χ4v) is 2.85. The summed E-state index contributed by atoms with van der Waals surface area (Å²) in [6, 6.07) is 0. The van der Waals surface area contributed by atoms with Gasteiger partial charge in [-0.3, -0.25) is 0 Å². The van der Waals surface area contributed by atoms with Gasteiger partial charge in [-0.05, 0) is 49.0 Å². The van der Waals surface area contributed by atoms with E-state index in [2.05, 4.69) is 64.2 Å². The third kappa shape index (κ3) is 2.72. The molecule has 0 aromatic rings. The van der Waals surface area contributed by atoms with Crippen molar-refractivity contribution in [1.29, 1.82) is 0 Å². The fourth-order valence-electron chi connectivity index (χ4n) is 2.85. The molecule has 2 aliphatic rings. The topological polar surface area (TPSA) is 52.0 Å². The first-order valence-corrected chi connectivity index (χ1v) is 7.42. The highest BCUT2D eigenvalue weighted by atomic mass is 14.7. The molecule has 0 heterocycles. The van der Waals surface area contributed by atoms with Crippen molar-refractivity contribution in [3.63, 3.8) is 0 Å². The molecule has 20 heavy (non-hydrogen) atoms. The number of rotatable bonds is 2. The molecule has 0 aromatic carbocycles. The first kappa shape index (κ1) is 15.0. The van der Waals surface area contributed by atoms with Crippen LogP contribution in [0.1, 0.15) is 40.5 Å². The lowest BCUT2D eigenvalue weighted by Gasteiger charge is -2.30. The minimum Gasteiger partial charge on any atom is -0.319 e. The second-order valence-corrected chi connectivity index (χ2v) is 6.19. The Balaban J connectivity index is 2.46. The molecule has 2 nitrogen and oxygen atoms in total. The molecule has 2 unspecified atom stereocenters. The Kier molecular flexibility index (Phi) is 3.90. The molecule has 0 amide bonds. The summed E-state index contributed by atoms with van der Waals surface area (Å²) in [5, 5.41) is 0. The minimum absolute atomic E-state index is 0.323. The summed E-state index contributed by atoms with van der Waals surface area (Å²) in [6.07, 6.45) is 14.8. The van der Waals surface area contributed by atoms with Gasteiger partial charge >= 0.3 is 0 Å². The van der Waals surface area contributed by atoms with E-state index < -0.39 is 0 Å². The normalized spacial score (nSPS) is 36.9. The smallest absolute Gasteiger partial charge is 0.0532 e. The quantitative estimate of drug-likeness (QED) is 0.806. The first-order chi connectivity index (χ1) is 9.30. The molecule has 0 fully saturated rings. The molecule has 0 spiro atoms. The van der Waals surface area contributed by atoms with Crippen molar-refractivity contribution in [2.45, 2.75) is 51.6 Å². The van der Waals surface area contributed by atoms with Gasteiger partial charge in [0, 0.05) is 0 Å². The van der Waals surface area contributed by atoms with Crippen molar-refractivity contribution in [3.8, 4) is 0 Å². The fraction of sp³-hybridized carbons (Fsp3) is 0.444. The zero-order valence-corrected chi connectivity index (χ0v) is 13.0. The number of hydrogen-bond donors (Lipinski definition) is 2. The third-order valence-electron chi connectivity index (χ3n) is 4.36. The van der Waals surface area contributed by atoms with Crippen LogP contribution in [0.2, 0.25) is 0 Å². The van der Waals surface area contributed by atoms with Gasteiger partial charge in [0.05, 0.1) is 11.1 Å². The molecule has 2 rings (SSSR count). The van der Waals surface area contributed by atoms with Gasteiger partial charge < -0.3 is 11.5 Å². The maximum atomic E-state index is 6.29. The summed E-state index contributed by atoms with van der Waals surface area (Å²) in [6.45, 7) is 8.42. The third-order valence-corrected chi connectivity index (χ3v) is 4.36. The lowest BCUT2D eigenvalue weighted by atomic mass is 9.80. The Morgan fingerprint density at radius 3 is 1.45 bits per heavy atom. The van der Waals surface area contributed by atoms with E-state index in [1.807, 2.05) is 0 Å². The van der Waals surface area contributed by atoms with Crippen LogP contribution >= 0.6 is 0 Å². The zero-order valence-electron chi connectivity index (χ0n) is 13.0. The molecule has 2 atom stereocenters. The van der Waals surface area contributed by atoms with Gasteiger partial charge in [-0.25, -0.2) is 0 Å².